The summed E-state index contributed by atoms with van der Waals surface area (Å²) in [6.45, 7) is 8.89. The van der Waals surface area contributed by atoms with Crippen LogP contribution >= 0.6 is 11.6 Å². The summed E-state index contributed by atoms with van der Waals surface area (Å²) in [7, 11) is 0. The van der Waals surface area contributed by atoms with Crippen molar-refractivity contribution in [3.8, 4) is 0 Å². The van der Waals surface area contributed by atoms with E-state index >= 15 is 0 Å². The zero-order valence-electron chi connectivity index (χ0n) is 12.8. The van der Waals surface area contributed by atoms with E-state index in [1.54, 1.807) is 0 Å². The molecule has 1 aliphatic heterocycles. The van der Waals surface area contributed by atoms with Gasteiger partial charge < -0.3 is 5.32 Å². The lowest BCUT2D eigenvalue weighted by Crippen LogP contribution is -2.45. The molecule has 1 fully saturated rings. The van der Waals surface area contributed by atoms with Crippen LogP contribution in [0.5, 0.6) is 0 Å². The van der Waals surface area contributed by atoms with Crippen LogP contribution in [0, 0.1) is 6.92 Å². The van der Waals surface area contributed by atoms with E-state index < -0.39 is 0 Å². The van der Waals surface area contributed by atoms with Crippen LogP contribution in [0.1, 0.15) is 49.8 Å². The van der Waals surface area contributed by atoms with Crippen LogP contribution in [-0.4, -0.2) is 31.1 Å². The van der Waals surface area contributed by atoms with E-state index in [4.69, 9.17) is 11.6 Å². The third-order valence-electron chi connectivity index (χ3n) is 4.28. The van der Waals surface area contributed by atoms with E-state index in [2.05, 4.69) is 36.2 Å². The van der Waals surface area contributed by atoms with Gasteiger partial charge in [-0.1, -0.05) is 49.9 Å². The first kappa shape index (κ1) is 15.8. The smallest absolute Gasteiger partial charge is 0.0456 e. The molecular formula is C17H27ClN2. The fourth-order valence-corrected chi connectivity index (χ4v) is 3.51. The van der Waals surface area contributed by atoms with Gasteiger partial charge in [-0.3, -0.25) is 4.90 Å². The van der Waals surface area contributed by atoms with Crippen LogP contribution in [-0.2, 0) is 0 Å². The van der Waals surface area contributed by atoms with Crippen molar-refractivity contribution >= 4 is 11.6 Å². The average molecular weight is 295 g/mol. The molecule has 1 heterocycles. The van der Waals surface area contributed by atoms with E-state index in [1.165, 1.54) is 36.8 Å². The van der Waals surface area contributed by atoms with E-state index in [0.717, 1.165) is 31.2 Å². The Labute approximate surface area is 128 Å². The van der Waals surface area contributed by atoms with E-state index in [0.29, 0.717) is 6.04 Å². The lowest BCUT2D eigenvalue weighted by molar-refractivity contribution is 0.162. The topological polar surface area (TPSA) is 15.3 Å². The minimum atomic E-state index is 0.484. The first-order valence-electron chi connectivity index (χ1n) is 7.93. The molecule has 1 atom stereocenters. The highest BCUT2D eigenvalue weighted by Crippen LogP contribution is 2.34. The van der Waals surface area contributed by atoms with Crippen LogP contribution in [0.2, 0.25) is 5.02 Å². The second kappa shape index (κ2) is 8.02. The molecule has 1 aliphatic rings. The number of hydrogen-bond acceptors (Lipinski definition) is 2. The number of unbranched alkanes of at least 4 members (excludes halogenated alkanes) is 2. The zero-order chi connectivity index (χ0) is 14.4. The summed E-state index contributed by atoms with van der Waals surface area (Å²) in [4.78, 5) is 2.61. The monoisotopic (exact) mass is 294 g/mol. The van der Waals surface area contributed by atoms with Crippen LogP contribution in [0.15, 0.2) is 18.2 Å². The van der Waals surface area contributed by atoms with Gasteiger partial charge in [0.1, 0.15) is 0 Å². The highest BCUT2D eigenvalue weighted by molar-refractivity contribution is 6.31. The predicted molar refractivity (Wildman–Crippen MR) is 87.5 cm³/mol. The predicted octanol–water partition coefficient (Wildman–Crippen LogP) is 4.18. The normalized spacial score (nSPS) is 18.1. The molecule has 0 bridgehead atoms. The molecule has 112 valence electrons. The zero-order valence-corrected chi connectivity index (χ0v) is 13.5. The Balaban J connectivity index is 2.20. The molecule has 2 nitrogen and oxygen atoms in total. The molecule has 20 heavy (non-hydrogen) atoms. The molecular weight excluding hydrogens is 268 g/mol. The molecule has 0 radical (unpaired) electrons. The van der Waals surface area contributed by atoms with Gasteiger partial charge in [0.15, 0.2) is 0 Å². The minimum Gasteiger partial charge on any atom is -0.314 e. The van der Waals surface area contributed by atoms with Crippen LogP contribution < -0.4 is 5.32 Å². The van der Waals surface area contributed by atoms with Crippen molar-refractivity contribution in [3.05, 3.63) is 34.3 Å². The van der Waals surface area contributed by atoms with Crippen molar-refractivity contribution < 1.29 is 0 Å². The molecule has 0 aromatic heterocycles. The number of aryl methyl sites for hydroxylation is 1. The van der Waals surface area contributed by atoms with Crippen molar-refractivity contribution in [2.75, 3.05) is 26.2 Å². The standard InChI is InChI=1S/C17H27ClN2/c1-3-4-5-9-16(20-12-10-19-11-13-20)17-14(2)7-6-8-15(17)18/h6-8,16,19H,3-5,9-13H2,1-2H3/t16-/m1/s1. The SMILES string of the molecule is CCCCC[C@H](c1c(C)cccc1Cl)N1CCNCC1. The van der Waals surface area contributed by atoms with Gasteiger partial charge >= 0.3 is 0 Å². The Bertz CT molecular complexity index is 393. The summed E-state index contributed by atoms with van der Waals surface area (Å²) in [5.41, 5.74) is 2.68. The van der Waals surface area contributed by atoms with Crippen molar-refractivity contribution in [1.82, 2.24) is 10.2 Å². The summed E-state index contributed by atoms with van der Waals surface area (Å²) < 4.78 is 0. The molecule has 3 heteroatoms. The fourth-order valence-electron chi connectivity index (χ4n) is 3.16. The quantitative estimate of drug-likeness (QED) is 0.792. The number of halogens is 1. The number of hydrogen-bond donors (Lipinski definition) is 1. The maximum absolute atomic E-state index is 6.51. The lowest BCUT2D eigenvalue weighted by Gasteiger charge is -2.36. The van der Waals surface area contributed by atoms with Crippen LogP contribution in [0.4, 0.5) is 0 Å². The second-order valence-electron chi connectivity index (χ2n) is 5.77. The fraction of sp³-hybridized carbons (Fsp3) is 0.647. The average Bonchev–Trinajstić information content (AvgIpc) is 2.46. The van der Waals surface area contributed by atoms with Gasteiger partial charge in [-0.25, -0.2) is 0 Å². The van der Waals surface area contributed by atoms with E-state index in [1.807, 2.05) is 6.07 Å². The number of nitrogens with one attached hydrogen (secondary N) is 1. The summed E-state index contributed by atoms with van der Waals surface area (Å²) in [6, 6.07) is 6.77. The molecule has 0 amide bonds. The van der Waals surface area contributed by atoms with Crippen molar-refractivity contribution in [3.63, 3.8) is 0 Å². The minimum absolute atomic E-state index is 0.484. The Kier molecular flexibility index (Phi) is 6.34. The Morgan fingerprint density at radius 2 is 2.00 bits per heavy atom. The van der Waals surface area contributed by atoms with Gasteiger partial charge in [0.25, 0.3) is 0 Å². The first-order chi connectivity index (χ1) is 9.74. The van der Waals surface area contributed by atoms with Gasteiger partial charge in [-0.05, 0) is 30.5 Å². The largest absolute Gasteiger partial charge is 0.314 e. The van der Waals surface area contributed by atoms with Crippen LogP contribution in [0.3, 0.4) is 0 Å². The van der Waals surface area contributed by atoms with Crippen molar-refractivity contribution in [1.29, 1.82) is 0 Å². The molecule has 1 N–H and O–H groups in total. The summed E-state index contributed by atoms with van der Waals surface area (Å²) >= 11 is 6.51. The molecule has 0 saturated carbocycles. The van der Waals surface area contributed by atoms with Crippen molar-refractivity contribution in [2.24, 2.45) is 0 Å². The number of benzene rings is 1. The van der Waals surface area contributed by atoms with Gasteiger partial charge in [-0.2, -0.15) is 0 Å². The maximum Gasteiger partial charge on any atom is 0.0456 e. The molecule has 2 rings (SSSR count). The van der Waals surface area contributed by atoms with Gasteiger partial charge in [0.05, 0.1) is 0 Å². The molecule has 1 saturated heterocycles. The number of nitrogens with zero attached hydrogens (tertiary/aromatic N) is 1. The highest BCUT2D eigenvalue weighted by atomic mass is 35.5. The first-order valence-corrected chi connectivity index (χ1v) is 8.31. The number of piperazine rings is 1. The summed E-state index contributed by atoms with van der Waals surface area (Å²) in [5, 5.41) is 4.38. The second-order valence-corrected chi connectivity index (χ2v) is 6.18. The summed E-state index contributed by atoms with van der Waals surface area (Å²) in [5.74, 6) is 0. The molecule has 1 aromatic rings. The third kappa shape index (κ3) is 3.97. The van der Waals surface area contributed by atoms with E-state index in [-0.39, 0.29) is 0 Å². The Hall–Kier alpha value is -0.570. The third-order valence-corrected chi connectivity index (χ3v) is 4.61. The highest BCUT2D eigenvalue weighted by Gasteiger charge is 2.24. The Morgan fingerprint density at radius 3 is 2.65 bits per heavy atom. The molecule has 0 aliphatic carbocycles. The lowest BCUT2D eigenvalue weighted by atomic mass is 9.94. The van der Waals surface area contributed by atoms with Gasteiger partial charge in [-0.15, -0.1) is 0 Å². The van der Waals surface area contributed by atoms with Crippen molar-refractivity contribution in [2.45, 2.75) is 45.6 Å². The van der Waals surface area contributed by atoms with Gasteiger partial charge in [0, 0.05) is 37.2 Å². The maximum atomic E-state index is 6.51. The molecule has 1 aromatic carbocycles. The number of rotatable bonds is 6. The van der Waals surface area contributed by atoms with E-state index in [9.17, 15) is 0 Å². The molecule has 0 unspecified atom stereocenters. The summed E-state index contributed by atoms with van der Waals surface area (Å²) in [6.07, 6.45) is 5.09. The molecule has 0 spiro atoms. The Morgan fingerprint density at radius 1 is 1.25 bits per heavy atom. The van der Waals surface area contributed by atoms with Crippen LogP contribution in [0.25, 0.3) is 0 Å². The van der Waals surface area contributed by atoms with Gasteiger partial charge in [0.2, 0.25) is 0 Å².